The highest BCUT2D eigenvalue weighted by Gasteiger charge is 2.11. The molecule has 4 nitrogen and oxygen atoms in total. The van der Waals surface area contributed by atoms with Gasteiger partial charge in [0.15, 0.2) is 0 Å². The number of amides is 1. The normalized spacial score (nSPS) is 11.9. The highest BCUT2D eigenvalue weighted by atomic mass is 79.9. The van der Waals surface area contributed by atoms with Gasteiger partial charge in [-0.15, -0.1) is 0 Å². The van der Waals surface area contributed by atoms with E-state index in [0.29, 0.717) is 13.0 Å². The van der Waals surface area contributed by atoms with Crippen LogP contribution < -0.4 is 10.1 Å². The third kappa shape index (κ3) is 6.07. The molecule has 1 unspecified atom stereocenters. The van der Waals surface area contributed by atoms with Gasteiger partial charge in [-0.1, -0.05) is 28.1 Å². The molecular weight excluding hydrogens is 310 g/mol. The van der Waals surface area contributed by atoms with Crippen LogP contribution >= 0.6 is 15.9 Å². The van der Waals surface area contributed by atoms with Gasteiger partial charge in [0.05, 0.1) is 26.2 Å². The molecule has 0 heterocycles. The van der Waals surface area contributed by atoms with Gasteiger partial charge in [0.25, 0.3) is 0 Å². The Hall–Kier alpha value is -1.07. The molecule has 19 heavy (non-hydrogen) atoms. The van der Waals surface area contributed by atoms with Crippen LogP contribution in [0.2, 0.25) is 0 Å². The molecule has 0 aliphatic heterocycles. The Balaban J connectivity index is 2.48. The number of alkyl halides is 1. The highest BCUT2D eigenvalue weighted by molar-refractivity contribution is 9.09. The Morgan fingerprint density at radius 1 is 1.32 bits per heavy atom. The zero-order valence-electron chi connectivity index (χ0n) is 11.3. The maximum absolute atomic E-state index is 11.9. The summed E-state index contributed by atoms with van der Waals surface area (Å²) in [5.74, 6) is 0.800. The largest absolute Gasteiger partial charge is 0.497 e. The smallest absolute Gasteiger partial charge is 0.224 e. The van der Waals surface area contributed by atoms with Crippen molar-refractivity contribution in [2.45, 2.75) is 18.9 Å². The minimum Gasteiger partial charge on any atom is -0.497 e. The molecule has 0 aliphatic rings. The van der Waals surface area contributed by atoms with E-state index in [0.717, 1.165) is 23.1 Å². The third-order valence-corrected chi connectivity index (χ3v) is 3.17. The molecule has 1 aromatic rings. The third-order valence-electron chi connectivity index (χ3n) is 2.71. The number of hydrogen-bond acceptors (Lipinski definition) is 3. The van der Waals surface area contributed by atoms with Crippen LogP contribution in [0.25, 0.3) is 0 Å². The zero-order valence-corrected chi connectivity index (χ0v) is 12.9. The van der Waals surface area contributed by atoms with Crippen molar-refractivity contribution < 1.29 is 14.3 Å². The number of rotatable bonds is 8. The van der Waals surface area contributed by atoms with Gasteiger partial charge in [0.2, 0.25) is 5.91 Å². The van der Waals surface area contributed by atoms with Crippen LogP contribution in [0, 0.1) is 0 Å². The molecule has 0 aliphatic carbocycles. The summed E-state index contributed by atoms with van der Waals surface area (Å²) in [6.45, 7) is 0.528. The first-order chi connectivity index (χ1) is 9.19. The molecule has 1 amide bonds. The highest BCUT2D eigenvalue weighted by Crippen LogP contribution is 2.11. The van der Waals surface area contributed by atoms with Crippen molar-refractivity contribution in [1.82, 2.24) is 5.32 Å². The Labute approximate surface area is 122 Å². The van der Waals surface area contributed by atoms with Crippen molar-refractivity contribution in [2.24, 2.45) is 0 Å². The van der Waals surface area contributed by atoms with Gasteiger partial charge in [-0.3, -0.25) is 4.79 Å². The molecule has 0 saturated heterocycles. The zero-order chi connectivity index (χ0) is 14.1. The van der Waals surface area contributed by atoms with E-state index in [4.69, 9.17) is 9.47 Å². The molecule has 0 fully saturated rings. The lowest BCUT2D eigenvalue weighted by Crippen LogP contribution is -2.39. The number of halogens is 1. The molecule has 0 radical (unpaired) electrons. The summed E-state index contributed by atoms with van der Waals surface area (Å²) in [6.07, 6.45) is 1.22. The Morgan fingerprint density at radius 3 is 2.53 bits per heavy atom. The summed E-state index contributed by atoms with van der Waals surface area (Å²) in [6, 6.07) is 7.55. The van der Waals surface area contributed by atoms with E-state index in [2.05, 4.69) is 21.2 Å². The van der Waals surface area contributed by atoms with Crippen molar-refractivity contribution in [1.29, 1.82) is 0 Å². The second-order valence-corrected chi connectivity index (χ2v) is 5.02. The van der Waals surface area contributed by atoms with Crippen molar-refractivity contribution in [3.8, 4) is 5.75 Å². The van der Waals surface area contributed by atoms with Gasteiger partial charge in [-0.2, -0.15) is 0 Å². The van der Waals surface area contributed by atoms with Gasteiger partial charge >= 0.3 is 0 Å². The first-order valence-electron chi connectivity index (χ1n) is 6.16. The first-order valence-corrected chi connectivity index (χ1v) is 7.29. The molecule has 5 heteroatoms. The lowest BCUT2D eigenvalue weighted by Gasteiger charge is -2.16. The molecule has 1 rings (SSSR count). The van der Waals surface area contributed by atoms with Gasteiger partial charge in [0, 0.05) is 12.4 Å². The second kappa shape index (κ2) is 8.93. The van der Waals surface area contributed by atoms with E-state index < -0.39 is 0 Å². The van der Waals surface area contributed by atoms with Crippen LogP contribution in [-0.4, -0.2) is 38.1 Å². The molecule has 1 N–H and O–H groups in total. The van der Waals surface area contributed by atoms with Gasteiger partial charge < -0.3 is 14.8 Å². The molecule has 1 atom stereocenters. The van der Waals surface area contributed by atoms with Crippen LogP contribution in [-0.2, 0) is 16.0 Å². The van der Waals surface area contributed by atoms with E-state index >= 15 is 0 Å². The molecule has 1 aromatic carbocycles. The molecular formula is C14H20BrNO3. The quantitative estimate of drug-likeness (QED) is 0.743. The predicted octanol–water partition coefficient (Wildman–Crippen LogP) is 2.15. The summed E-state index contributed by atoms with van der Waals surface area (Å²) in [7, 11) is 3.26. The maximum atomic E-state index is 11.9. The Bertz CT molecular complexity index is 375. The summed E-state index contributed by atoms with van der Waals surface area (Å²) >= 11 is 3.37. The van der Waals surface area contributed by atoms with Gasteiger partial charge in [-0.05, 0) is 24.1 Å². The number of hydrogen-bond donors (Lipinski definition) is 1. The minimum absolute atomic E-state index is 0.00756. The van der Waals surface area contributed by atoms with Crippen LogP contribution in [0.1, 0.15) is 12.0 Å². The Kier molecular flexibility index (Phi) is 7.52. The van der Waals surface area contributed by atoms with Crippen molar-refractivity contribution in [3.05, 3.63) is 29.8 Å². The number of carbonyl (C=O) groups excluding carboxylic acids is 1. The predicted molar refractivity (Wildman–Crippen MR) is 78.9 cm³/mol. The minimum atomic E-state index is 0.00756. The monoisotopic (exact) mass is 329 g/mol. The van der Waals surface area contributed by atoms with Gasteiger partial charge in [-0.25, -0.2) is 0 Å². The molecule has 0 aromatic heterocycles. The number of nitrogens with one attached hydrogen (secondary N) is 1. The summed E-state index contributed by atoms with van der Waals surface area (Å²) in [5, 5.41) is 3.81. The Morgan fingerprint density at radius 2 is 2.00 bits per heavy atom. The SMILES string of the molecule is COCC(CCBr)NC(=O)Cc1ccc(OC)cc1. The lowest BCUT2D eigenvalue weighted by molar-refractivity contribution is -0.121. The van der Waals surface area contributed by atoms with Crippen molar-refractivity contribution in [3.63, 3.8) is 0 Å². The number of benzene rings is 1. The van der Waals surface area contributed by atoms with E-state index in [1.54, 1.807) is 14.2 Å². The number of carbonyl (C=O) groups is 1. The molecule has 106 valence electrons. The van der Waals surface area contributed by atoms with Crippen LogP contribution in [0.5, 0.6) is 5.75 Å². The van der Waals surface area contributed by atoms with Crippen LogP contribution in [0.4, 0.5) is 0 Å². The summed E-state index contributed by atoms with van der Waals surface area (Å²) in [4.78, 5) is 11.9. The first kappa shape index (κ1) is 16.0. The van der Waals surface area contributed by atoms with Gasteiger partial charge in [0.1, 0.15) is 5.75 Å². The van der Waals surface area contributed by atoms with Crippen molar-refractivity contribution in [2.75, 3.05) is 26.2 Å². The second-order valence-electron chi connectivity index (χ2n) is 4.22. The fourth-order valence-corrected chi connectivity index (χ4v) is 2.29. The average molecular weight is 330 g/mol. The fourth-order valence-electron chi connectivity index (χ4n) is 1.74. The number of methoxy groups -OCH3 is 2. The molecule has 0 saturated carbocycles. The fraction of sp³-hybridized carbons (Fsp3) is 0.500. The summed E-state index contributed by atoms with van der Waals surface area (Å²) < 4.78 is 10.2. The summed E-state index contributed by atoms with van der Waals surface area (Å²) in [5.41, 5.74) is 0.966. The van der Waals surface area contributed by atoms with Crippen LogP contribution in [0.3, 0.4) is 0 Å². The topological polar surface area (TPSA) is 47.6 Å². The van der Waals surface area contributed by atoms with E-state index in [-0.39, 0.29) is 11.9 Å². The van der Waals surface area contributed by atoms with Crippen LogP contribution in [0.15, 0.2) is 24.3 Å². The molecule has 0 bridgehead atoms. The lowest BCUT2D eigenvalue weighted by atomic mass is 10.1. The maximum Gasteiger partial charge on any atom is 0.224 e. The van der Waals surface area contributed by atoms with E-state index in [1.165, 1.54) is 0 Å². The van der Waals surface area contributed by atoms with E-state index in [1.807, 2.05) is 24.3 Å². The van der Waals surface area contributed by atoms with E-state index in [9.17, 15) is 4.79 Å². The standard InChI is InChI=1S/C14H20BrNO3/c1-18-10-12(7-8-15)16-14(17)9-11-3-5-13(19-2)6-4-11/h3-6,12H,7-10H2,1-2H3,(H,16,17). The number of ether oxygens (including phenoxy) is 2. The molecule has 0 spiro atoms. The van der Waals surface area contributed by atoms with Crippen molar-refractivity contribution >= 4 is 21.8 Å². The average Bonchev–Trinajstić information content (AvgIpc) is 2.40.